The first-order valence-electron chi connectivity index (χ1n) is 5.68. The van der Waals surface area contributed by atoms with E-state index in [1.54, 1.807) is 0 Å². The van der Waals surface area contributed by atoms with E-state index in [1.165, 1.54) is 5.39 Å². The quantitative estimate of drug-likeness (QED) is 0.733. The van der Waals surface area contributed by atoms with Crippen molar-refractivity contribution in [2.75, 3.05) is 13.6 Å². The number of nitrogens with zero attached hydrogens (tertiary/aromatic N) is 1. The average Bonchev–Trinajstić information content (AvgIpc) is 2.33. The summed E-state index contributed by atoms with van der Waals surface area (Å²) in [7, 11) is 2.06. The largest absolute Gasteiger partial charge is 0.298 e. The fraction of sp³-hybridized carbons (Fsp3) is 0.200. The Bertz CT molecular complexity index is 533. The van der Waals surface area contributed by atoms with Crippen molar-refractivity contribution >= 4 is 22.4 Å². The van der Waals surface area contributed by atoms with Crippen LogP contribution in [0.15, 0.2) is 49.1 Å². The molecule has 0 atom stereocenters. The first kappa shape index (κ1) is 12.2. The van der Waals surface area contributed by atoms with Gasteiger partial charge in [-0.25, -0.2) is 0 Å². The Morgan fingerprint density at radius 1 is 1.24 bits per heavy atom. The van der Waals surface area contributed by atoms with Gasteiger partial charge in [-0.1, -0.05) is 54.1 Å². The zero-order valence-electron chi connectivity index (χ0n) is 9.99. The van der Waals surface area contributed by atoms with Gasteiger partial charge in [0.25, 0.3) is 0 Å². The maximum Gasteiger partial charge on any atom is 0.0529 e. The molecule has 0 spiro atoms. The van der Waals surface area contributed by atoms with Gasteiger partial charge >= 0.3 is 0 Å². The summed E-state index contributed by atoms with van der Waals surface area (Å²) in [5, 5.41) is 3.17. The van der Waals surface area contributed by atoms with Crippen molar-refractivity contribution < 1.29 is 0 Å². The van der Waals surface area contributed by atoms with Gasteiger partial charge in [0.1, 0.15) is 0 Å². The highest BCUT2D eigenvalue weighted by Crippen LogP contribution is 2.27. The van der Waals surface area contributed by atoms with Crippen molar-refractivity contribution in [3.63, 3.8) is 0 Å². The van der Waals surface area contributed by atoms with Gasteiger partial charge in [-0.3, -0.25) is 4.90 Å². The number of rotatable bonds is 4. The van der Waals surface area contributed by atoms with Gasteiger partial charge in [-0.15, -0.1) is 6.58 Å². The van der Waals surface area contributed by atoms with Gasteiger partial charge in [-0.2, -0.15) is 0 Å². The second-order valence-corrected chi connectivity index (χ2v) is 4.62. The molecule has 0 radical (unpaired) electrons. The smallest absolute Gasteiger partial charge is 0.0529 e. The summed E-state index contributed by atoms with van der Waals surface area (Å²) in [5.41, 5.74) is 1.16. The molecule has 0 amide bonds. The molecule has 0 unspecified atom stereocenters. The second-order valence-electron chi connectivity index (χ2n) is 4.25. The van der Waals surface area contributed by atoms with Gasteiger partial charge in [-0.05, 0) is 18.0 Å². The second kappa shape index (κ2) is 5.35. The number of hydrogen-bond acceptors (Lipinski definition) is 1. The lowest BCUT2D eigenvalue weighted by atomic mass is 10.1. The summed E-state index contributed by atoms with van der Waals surface area (Å²) < 4.78 is 0. The number of hydrogen-bond donors (Lipinski definition) is 0. The lowest BCUT2D eigenvalue weighted by molar-refractivity contribution is 0.364. The predicted molar refractivity (Wildman–Crippen MR) is 75.5 cm³/mol. The van der Waals surface area contributed by atoms with Crippen LogP contribution in [0.4, 0.5) is 0 Å². The van der Waals surface area contributed by atoms with Crippen LogP contribution in [0, 0.1) is 0 Å². The standard InChI is InChI=1S/C15H16ClN/c1-3-10-17(2)11-13-9-8-12-6-4-5-7-14(12)15(13)16/h3-9H,1,10-11H2,2H3. The van der Waals surface area contributed by atoms with E-state index in [9.17, 15) is 0 Å². The summed E-state index contributed by atoms with van der Waals surface area (Å²) in [6.45, 7) is 5.45. The van der Waals surface area contributed by atoms with Crippen molar-refractivity contribution in [2.24, 2.45) is 0 Å². The molecule has 0 saturated carbocycles. The third-order valence-electron chi connectivity index (χ3n) is 2.82. The van der Waals surface area contributed by atoms with Gasteiger partial charge < -0.3 is 0 Å². The van der Waals surface area contributed by atoms with E-state index < -0.39 is 0 Å². The molecule has 17 heavy (non-hydrogen) atoms. The van der Waals surface area contributed by atoms with Gasteiger partial charge in [0, 0.05) is 18.5 Å². The number of halogens is 1. The molecule has 0 heterocycles. The molecule has 0 N–H and O–H groups in total. The van der Waals surface area contributed by atoms with Gasteiger partial charge in [0.15, 0.2) is 0 Å². The molecule has 0 aliphatic heterocycles. The molecular formula is C15H16ClN. The minimum absolute atomic E-state index is 0.843. The third-order valence-corrected chi connectivity index (χ3v) is 3.27. The summed E-state index contributed by atoms with van der Waals surface area (Å²) >= 11 is 6.43. The maximum absolute atomic E-state index is 6.43. The molecule has 0 aromatic heterocycles. The minimum atomic E-state index is 0.843. The van der Waals surface area contributed by atoms with E-state index in [-0.39, 0.29) is 0 Å². The molecular weight excluding hydrogens is 230 g/mol. The van der Waals surface area contributed by atoms with E-state index in [0.29, 0.717) is 0 Å². The fourth-order valence-corrected chi connectivity index (χ4v) is 2.27. The molecule has 0 aliphatic rings. The Labute approximate surface area is 107 Å². The van der Waals surface area contributed by atoms with Crippen LogP contribution in [0.2, 0.25) is 5.02 Å². The zero-order chi connectivity index (χ0) is 12.3. The molecule has 0 saturated heterocycles. The van der Waals surface area contributed by atoms with E-state index >= 15 is 0 Å². The molecule has 0 fully saturated rings. The number of benzene rings is 2. The van der Waals surface area contributed by atoms with Crippen molar-refractivity contribution in [3.05, 3.63) is 59.6 Å². The van der Waals surface area contributed by atoms with Crippen molar-refractivity contribution in [1.29, 1.82) is 0 Å². The van der Waals surface area contributed by atoms with Crippen LogP contribution in [0.1, 0.15) is 5.56 Å². The third kappa shape index (κ3) is 2.68. The van der Waals surface area contributed by atoms with Crippen LogP contribution >= 0.6 is 11.6 Å². The van der Waals surface area contributed by atoms with Crippen molar-refractivity contribution in [1.82, 2.24) is 4.90 Å². The molecule has 0 aliphatic carbocycles. The minimum Gasteiger partial charge on any atom is -0.298 e. The van der Waals surface area contributed by atoms with Gasteiger partial charge in [0.05, 0.1) is 5.02 Å². The van der Waals surface area contributed by atoms with Gasteiger partial charge in [0.2, 0.25) is 0 Å². The van der Waals surface area contributed by atoms with E-state index in [0.717, 1.165) is 29.1 Å². The van der Waals surface area contributed by atoms with Crippen LogP contribution in [0.5, 0.6) is 0 Å². The Balaban J connectivity index is 2.35. The monoisotopic (exact) mass is 245 g/mol. The molecule has 88 valence electrons. The molecule has 2 aromatic carbocycles. The Morgan fingerprint density at radius 2 is 2.00 bits per heavy atom. The van der Waals surface area contributed by atoms with Crippen molar-refractivity contribution in [2.45, 2.75) is 6.54 Å². The Morgan fingerprint density at radius 3 is 2.76 bits per heavy atom. The maximum atomic E-state index is 6.43. The molecule has 2 heteroatoms. The zero-order valence-corrected chi connectivity index (χ0v) is 10.7. The summed E-state index contributed by atoms with van der Waals surface area (Å²) in [5.74, 6) is 0. The summed E-state index contributed by atoms with van der Waals surface area (Å²) in [6, 6.07) is 12.4. The average molecular weight is 246 g/mol. The predicted octanol–water partition coefficient (Wildman–Crippen LogP) is 4.11. The lowest BCUT2D eigenvalue weighted by Crippen LogP contribution is -2.17. The molecule has 0 bridgehead atoms. The fourth-order valence-electron chi connectivity index (χ4n) is 1.98. The van der Waals surface area contributed by atoms with Crippen LogP contribution in [0.25, 0.3) is 10.8 Å². The number of likely N-dealkylation sites (N-methyl/N-ethyl adjacent to an activating group) is 1. The van der Waals surface area contributed by atoms with Crippen LogP contribution in [-0.4, -0.2) is 18.5 Å². The lowest BCUT2D eigenvalue weighted by Gasteiger charge is -2.16. The topological polar surface area (TPSA) is 3.24 Å². The van der Waals surface area contributed by atoms with Crippen molar-refractivity contribution in [3.8, 4) is 0 Å². The van der Waals surface area contributed by atoms with E-state index in [4.69, 9.17) is 11.6 Å². The van der Waals surface area contributed by atoms with E-state index in [1.807, 2.05) is 18.2 Å². The molecule has 2 rings (SSSR count). The Hall–Kier alpha value is -1.31. The number of fused-ring (bicyclic) bond motifs is 1. The highest BCUT2D eigenvalue weighted by Gasteiger charge is 2.06. The molecule has 2 aromatic rings. The SMILES string of the molecule is C=CCN(C)Cc1ccc2ccccc2c1Cl. The highest BCUT2D eigenvalue weighted by atomic mass is 35.5. The molecule has 1 nitrogen and oxygen atoms in total. The van der Waals surface area contributed by atoms with E-state index in [2.05, 4.69) is 42.8 Å². The Kier molecular flexibility index (Phi) is 3.82. The highest BCUT2D eigenvalue weighted by molar-refractivity contribution is 6.36. The van der Waals surface area contributed by atoms with Crippen LogP contribution in [-0.2, 0) is 6.54 Å². The summed E-state index contributed by atoms with van der Waals surface area (Å²) in [4.78, 5) is 2.18. The van der Waals surface area contributed by atoms with Crippen LogP contribution in [0.3, 0.4) is 0 Å². The summed E-state index contributed by atoms with van der Waals surface area (Å²) in [6.07, 6.45) is 1.90. The normalized spacial score (nSPS) is 11.0. The first-order chi connectivity index (χ1) is 8.22. The van der Waals surface area contributed by atoms with Crippen LogP contribution < -0.4 is 0 Å². The first-order valence-corrected chi connectivity index (χ1v) is 6.05.